The van der Waals surface area contributed by atoms with Gasteiger partial charge in [0.05, 0.1) is 23.1 Å². The molecule has 7 heteroatoms. The zero-order valence-electron chi connectivity index (χ0n) is 10.4. The largest absolute Gasteiger partial charge is 0.375 e. The molecule has 0 bridgehead atoms. The molecular formula is C12H16ClNO3S2. The summed E-state index contributed by atoms with van der Waals surface area (Å²) in [5, 5.41) is 0. The lowest BCUT2D eigenvalue weighted by Crippen LogP contribution is -2.54. The molecular weight excluding hydrogens is 306 g/mol. The summed E-state index contributed by atoms with van der Waals surface area (Å²) in [7, 11) is -3.42. The lowest BCUT2D eigenvalue weighted by Gasteiger charge is -2.42. The van der Waals surface area contributed by atoms with Gasteiger partial charge < -0.3 is 4.74 Å². The first-order valence-corrected chi connectivity index (χ1v) is 9.11. The van der Waals surface area contributed by atoms with E-state index in [-0.39, 0.29) is 12.1 Å². The molecule has 0 aromatic carbocycles. The summed E-state index contributed by atoms with van der Waals surface area (Å²) in [5.74, 6) is 0. The van der Waals surface area contributed by atoms with Crippen LogP contribution >= 0.6 is 22.9 Å². The van der Waals surface area contributed by atoms with Crippen LogP contribution < -0.4 is 0 Å². The van der Waals surface area contributed by atoms with Crippen molar-refractivity contribution in [3.8, 4) is 0 Å². The fraction of sp³-hybridized carbons (Fsp3) is 0.667. The van der Waals surface area contributed by atoms with Gasteiger partial charge in [-0.05, 0) is 25.0 Å². The van der Waals surface area contributed by atoms with Crippen molar-refractivity contribution in [2.75, 3.05) is 13.2 Å². The normalized spacial score (nSPS) is 29.1. The zero-order chi connectivity index (χ0) is 13.5. The predicted molar refractivity (Wildman–Crippen MR) is 75.2 cm³/mol. The van der Waals surface area contributed by atoms with Crippen LogP contribution in [0.4, 0.5) is 0 Å². The van der Waals surface area contributed by atoms with Gasteiger partial charge in [-0.15, -0.1) is 11.3 Å². The van der Waals surface area contributed by atoms with Gasteiger partial charge in [0.25, 0.3) is 10.0 Å². The maximum absolute atomic E-state index is 12.7. The standard InChI is InChI=1S/C12H16ClNO3S2/c13-11-5-6-12(18-11)19(15,16)14-7-8-17-10-4-2-1-3-9(10)14/h5-6,9-10H,1-4,7-8H2. The molecule has 1 aliphatic carbocycles. The molecule has 2 heterocycles. The molecule has 2 atom stereocenters. The smallest absolute Gasteiger partial charge is 0.253 e. The Balaban J connectivity index is 1.91. The van der Waals surface area contributed by atoms with Crippen LogP contribution in [0.15, 0.2) is 16.3 Å². The summed E-state index contributed by atoms with van der Waals surface area (Å²) in [6.45, 7) is 0.929. The van der Waals surface area contributed by atoms with Gasteiger partial charge in [0, 0.05) is 6.54 Å². The Morgan fingerprint density at radius 2 is 2.11 bits per heavy atom. The summed E-state index contributed by atoms with van der Waals surface area (Å²) in [6.07, 6.45) is 4.11. The van der Waals surface area contributed by atoms with Gasteiger partial charge in [-0.2, -0.15) is 4.31 Å². The number of fused-ring (bicyclic) bond motifs is 1. The van der Waals surface area contributed by atoms with E-state index in [4.69, 9.17) is 16.3 Å². The number of hydrogen-bond acceptors (Lipinski definition) is 4. The van der Waals surface area contributed by atoms with Crippen molar-refractivity contribution < 1.29 is 13.2 Å². The van der Waals surface area contributed by atoms with Crippen LogP contribution in [0.25, 0.3) is 0 Å². The first kappa shape index (κ1) is 13.8. The van der Waals surface area contributed by atoms with E-state index in [1.54, 1.807) is 16.4 Å². The van der Waals surface area contributed by atoms with Crippen LogP contribution in [-0.2, 0) is 14.8 Å². The minimum atomic E-state index is -3.42. The minimum Gasteiger partial charge on any atom is -0.375 e. The monoisotopic (exact) mass is 321 g/mol. The van der Waals surface area contributed by atoms with Crippen molar-refractivity contribution in [2.45, 2.75) is 42.0 Å². The number of sulfonamides is 1. The topological polar surface area (TPSA) is 46.6 Å². The highest BCUT2D eigenvalue weighted by molar-refractivity contribution is 7.91. The zero-order valence-corrected chi connectivity index (χ0v) is 12.8. The maximum Gasteiger partial charge on any atom is 0.253 e. The van der Waals surface area contributed by atoms with Gasteiger partial charge in [-0.1, -0.05) is 24.4 Å². The Morgan fingerprint density at radius 3 is 2.84 bits per heavy atom. The lowest BCUT2D eigenvalue weighted by molar-refractivity contribution is -0.0585. The van der Waals surface area contributed by atoms with Gasteiger partial charge in [0.1, 0.15) is 4.21 Å². The fourth-order valence-corrected chi connectivity index (χ4v) is 6.19. The number of halogens is 1. The van der Waals surface area contributed by atoms with Crippen molar-refractivity contribution in [3.05, 3.63) is 16.5 Å². The van der Waals surface area contributed by atoms with Gasteiger partial charge in [0.15, 0.2) is 0 Å². The Labute approximate surface area is 122 Å². The third-order valence-electron chi connectivity index (χ3n) is 3.79. The SMILES string of the molecule is O=S(=O)(c1ccc(Cl)s1)N1CCOC2CCCCC21. The molecule has 2 aliphatic rings. The Kier molecular flexibility index (Phi) is 3.88. The molecule has 2 fully saturated rings. The van der Waals surface area contributed by atoms with Gasteiger partial charge >= 0.3 is 0 Å². The van der Waals surface area contributed by atoms with Crippen molar-refractivity contribution in [1.29, 1.82) is 0 Å². The van der Waals surface area contributed by atoms with Crippen LogP contribution in [0.3, 0.4) is 0 Å². The molecule has 0 N–H and O–H groups in total. The molecule has 4 nitrogen and oxygen atoms in total. The molecule has 1 aliphatic heterocycles. The third kappa shape index (κ3) is 2.56. The Hall–Kier alpha value is -0.140. The highest BCUT2D eigenvalue weighted by atomic mass is 35.5. The van der Waals surface area contributed by atoms with E-state index in [0.717, 1.165) is 37.0 Å². The van der Waals surface area contributed by atoms with Crippen LogP contribution in [0.5, 0.6) is 0 Å². The number of nitrogens with zero attached hydrogens (tertiary/aromatic N) is 1. The first-order valence-electron chi connectivity index (χ1n) is 6.48. The third-order valence-corrected chi connectivity index (χ3v) is 7.42. The lowest BCUT2D eigenvalue weighted by atomic mass is 9.91. The average molecular weight is 322 g/mol. The molecule has 1 aromatic rings. The predicted octanol–water partition coefficient (Wildman–Crippen LogP) is 2.73. The molecule has 1 saturated carbocycles. The summed E-state index contributed by atoms with van der Waals surface area (Å²) in [6, 6.07) is 3.22. The van der Waals surface area contributed by atoms with Gasteiger partial charge in [-0.3, -0.25) is 0 Å². The van der Waals surface area contributed by atoms with Gasteiger partial charge in [-0.25, -0.2) is 8.42 Å². The van der Waals surface area contributed by atoms with Crippen LogP contribution in [0.2, 0.25) is 4.34 Å². The number of ether oxygens (including phenoxy) is 1. The second-order valence-electron chi connectivity index (χ2n) is 4.94. The van der Waals surface area contributed by atoms with Crippen LogP contribution in [0, 0.1) is 0 Å². The van der Waals surface area contributed by atoms with E-state index in [1.165, 1.54) is 0 Å². The molecule has 0 amide bonds. The van der Waals surface area contributed by atoms with Crippen molar-refractivity contribution in [1.82, 2.24) is 4.31 Å². The van der Waals surface area contributed by atoms with E-state index >= 15 is 0 Å². The number of thiophene rings is 1. The first-order chi connectivity index (χ1) is 9.09. The maximum atomic E-state index is 12.7. The molecule has 0 spiro atoms. The number of rotatable bonds is 2. The van der Waals surface area contributed by atoms with Crippen molar-refractivity contribution in [3.63, 3.8) is 0 Å². The highest BCUT2D eigenvalue weighted by Gasteiger charge is 2.41. The molecule has 3 rings (SSSR count). The second-order valence-corrected chi connectivity index (χ2v) is 8.77. The summed E-state index contributed by atoms with van der Waals surface area (Å²) >= 11 is 6.98. The van der Waals surface area contributed by atoms with Gasteiger partial charge in [0.2, 0.25) is 0 Å². The Bertz CT molecular complexity index is 555. The molecule has 0 radical (unpaired) electrons. The Morgan fingerprint density at radius 1 is 1.32 bits per heavy atom. The van der Waals surface area contributed by atoms with E-state index in [9.17, 15) is 8.42 Å². The molecule has 106 valence electrons. The summed E-state index contributed by atoms with van der Waals surface area (Å²) in [4.78, 5) is 0. The number of morpholine rings is 1. The van der Waals surface area contributed by atoms with Crippen LogP contribution in [0.1, 0.15) is 25.7 Å². The van der Waals surface area contributed by atoms with E-state index in [0.29, 0.717) is 21.7 Å². The van der Waals surface area contributed by atoms with E-state index < -0.39 is 10.0 Å². The quantitative estimate of drug-likeness (QED) is 0.841. The highest BCUT2D eigenvalue weighted by Crippen LogP contribution is 2.35. The molecule has 19 heavy (non-hydrogen) atoms. The molecule has 2 unspecified atom stereocenters. The van der Waals surface area contributed by atoms with Crippen molar-refractivity contribution >= 4 is 33.0 Å². The minimum absolute atomic E-state index is 0.00613. The summed E-state index contributed by atoms with van der Waals surface area (Å²) < 4.78 is 33.5. The second kappa shape index (κ2) is 5.33. The number of hydrogen-bond donors (Lipinski definition) is 0. The molecule has 1 saturated heterocycles. The van der Waals surface area contributed by atoms with E-state index in [1.807, 2.05) is 0 Å². The van der Waals surface area contributed by atoms with Crippen LogP contribution in [-0.4, -0.2) is 38.0 Å². The fourth-order valence-electron chi connectivity index (χ4n) is 2.91. The summed E-state index contributed by atoms with van der Waals surface area (Å²) in [5.41, 5.74) is 0. The van der Waals surface area contributed by atoms with Crippen molar-refractivity contribution in [2.24, 2.45) is 0 Å². The van der Waals surface area contributed by atoms with E-state index in [2.05, 4.69) is 0 Å². The average Bonchev–Trinajstić information content (AvgIpc) is 2.85. The molecule has 1 aromatic heterocycles.